The van der Waals surface area contributed by atoms with Gasteiger partial charge in [0.25, 0.3) is 0 Å². The number of ether oxygens (including phenoxy) is 7. The Morgan fingerprint density at radius 3 is 1.08 bits per heavy atom. The first kappa shape index (κ1) is 92.2. The van der Waals surface area contributed by atoms with E-state index in [1.807, 2.05) is 0 Å². The molecule has 3 fully saturated rings. The number of carbonyl (C=O) groups excluding carboxylic acids is 3. The van der Waals surface area contributed by atoms with Crippen LogP contribution in [0.15, 0.2) is 0 Å². The van der Waals surface area contributed by atoms with E-state index in [1.165, 1.54) is 161 Å². The molecule has 0 radical (unpaired) electrons. The minimum absolute atomic E-state index is 0.0310. The molecule has 25 heteroatoms. The molecule has 19 unspecified atom stereocenters. The maximum absolute atomic E-state index is 14.4. The summed E-state index contributed by atoms with van der Waals surface area (Å²) in [5.41, 5.74) is 0. The Labute approximate surface area is 600 Å². The molecule has 1 aliphatic carbocycles. The fourth-order valence-electron chi connectivity index (χ4n) is 13.5. The van der Waals surface area contributed by atoms with E-state index in [0.717, 1.165) is 96.3 Å². The van der Waals surface area contributed by atoms with Crippen molar-refractivity contribution in [2.24, 2.45) is 5.92 Å². The first-order chi connectivity index (χ1) is 48.2. The molecule has 0 amide bonds. The lowest BCUT2D eigenvalue weighted by Gasteiger charge is -2.49. The van der Waals surface area contributed by atoms with Gasteiger partial charge in [-0.05, 0) is 25.2 Å². The highest BCUT2D eigenvalue weighted by Crippen LogP contribution is 2.49. The predicted molar refractivity (Wildman–Crippen MR) is 379 cm³/mol. The number of hydrogen-bond donors (Lipinski definition) is 11. The molecule has 2 aliphatic heterocycles. The lowest BCUT2D eigenvalue weighted by Crippen LogP contribution is -2.69. The van der Waals surface area contributed by atoms with Crippen LogP contribution in [-0.2, 0) is 61.2 Å². The van der Waals surface area contributed by atoms with Crippen LogP contribution in [0.25, 0.3) is 0 Å². The second-order valence-corrected chi connectivity index (χ2v) is 30.5. The fourth-order valence-corrected chi connectivity index (χ4v) is 14.4. The lowest BCUT2D eigenvalue weighted by molar-refractivity contribution is -0.360. The summed E-state index contributed by atoms with van der Waals surface area (Å²) >= 11 is 0. The van der Waals surface area contributed by atoms with Crippen LogP contribution in [0.5, 0.6) is 0 Å². The summed E-state index contributed by atoms with van der Waals surface area (Å²) in [6, 6.07) is 0. The molecular formula is C75H141O24P. The number of esters is 3. The Bertz CT molecular complexity index is 2080. The minimum atomic E-state index is -5.69. The molecule has 0 aromatic carbocycles. The van der Waals surface area contributed by atoms with Crippen LogP contribution in [0.3, 0.4) is 0 Å². The standard InChI is InChI=1S/C75H141O24P/c1-5-8-11-14-17-19-21-23-24-25-26-27-29-31-33-40-45-50-61(79)94-56(52-91-59(77)48-43-38-32-30-28-22-20-18-15-12-9-6-2)53-93-100(89,90)99-73-71(97-74-69(87)64(82)62(80)57(51-76)95-74)67(85)66(84)68(86)72(73)98-75-70(88)65(83)63(81)58(96-75)54-92-60(78)49-44-39-35-34-37-42-47-55(4)46-41-36-16-13-10-7-3/h55-58,62-76,80-88H,5-54H2,1-4H3,(H,89,90). The summed E-state index contributed by atoms with van der Waals surface area (Å²) < 4.78 is 65.2. The van der Waals surface area contributed by atoms with E-state index in [9.17, 15) is 74.9 Å². The smallest absolute Gasteiger partial charge is 0.463 e. The zero-order valence-electron chi connectivity index (χ0n) is 61.9. The van der Waals surface area contributed by atoms with E-state index in [4.69, 9.17) is 42.2 Å². The van der Waals surface area contributed by atoms with Crippen LogP contribution in [0, 0.1) is 5.92 Å². The average molecular weight is 1460 g/mol. The van der Waals surface area contributed by atoms with Crippen molar-refractivity contribution < 1.29 is 117 Å². The zero-order chi connectivity index (χ0) is 73.3. The molecule has 0 aromatic heterocycles. The van der Waals surface area contributed by atoms with Crippen LogP contribution in [0.4, 0.5) is 0 Å². The molecule has 2 heterocycles. The van der Waals surface area contributed by atoms with Crippen molar-refractivity contribution in [1.29, 1.82) is 0 Å². The molecule has 0 bridgehead atoms. The molecule has 24 nitrogen and oxygen atoms in total. The molecule has 1 saturated carbocycles. The summed E-state index contributed by atoms with van der Waals surface area (Å²) in [5, 5.41) is 110. The van der Waals surface area contributed by atoms with Crippen molar-refractivity contribution in [3.8, 4) is 0 Å². The predicted octanol–water partition coefficient (Wildman–Crippen LogP) is 11.6. The van der Waals surface area contributed by atoms with Gasteiger partial charge in [0.2, 0.25) is 0 Å². The molecule has 3 aliphatic rings. The summed E-state index contributed by atoms with van der Waals surface area (Å²) in [6.45, 7) is 5.80. The molecule has 2 saturated heterocycles. The SMILES string of the molecule is CCCCCCCCCCCCCCCCCCCC(=O)OC(COC(=O)CCCCCCCCCCCCCC)COP(=O)(O)OC1C(OC2OC(CO)C(O)C(O)C2O)C(O)C(O)C(O)C1OC1OC(COC(=O)CCCCCCCCC(C)CCCCCCCC)C(O)C(O)C1O. The third kappa shape index (κ3) is 39.0. The summed E-state index contributed by atoms with van der Waals surface area (Å²) in [7, 11) is -5.69. The van der Waals surface area contributed by atoms with Crippen LogP contribution in [0.1, 0.15) is 323 Å². The number of phosphoric acid groups is 1. The molecule has 19 atom stereocenters. The first-order valence-corrected chi connectivity index (χ1v) is 41.2. The third-order valence-electron chi connectivity index (χ3n) is 20.0. The number of unbranched alkanes of at least 4 members (excludes halogenated alkanes) is 37. The van der Waals surface area contributed by atoms with Gasteiger partial charge >= 0.3 is 25.7 Å². The van der Waals surface area contributed by atoms with Gasteiger partial charge in [-0.25, -0.2) is 4.57 Å². The highest BCUT2D eigenvalue weighted by Gasteiger charge is 2.58. The van der Waals surface area contributed by atoms with Gasteiger partial charge in [0, 0.05) is 19.3 Å². The van der Waals surface area contributed by atoms with Gasteiger partial charge in [-0.3, -0.25) is 23.4 Å². The maximum atomic E-state index is 14.4. The third-order valence-corrected chi connectivity index (χ3v) is 21.0. The van der Waals surface area contributed by atoms with Gasteiger partial charge in [-0.1, -0.05) is 285 Å². The Hall–Kier alpha value is -2.04. The molecule has 590 valence electrons. The number of aliphatic hydroxyl groups is 10. The van der Waals surface area contributed by atoms with Gasteiger partial charge in [0.05, 0.1) is 13.2 Å². The number of rotatable bonds is 62. The number of carbonyl (C=O) groups is 3. The number of hydrogen-bond acceptors (Lipinski definition) is 23. The van der Waals surface area contributed by atoms with Crippen molar-refractivity contribution >= 4 is 25.7 Å². The lowest BCUT2D eigenvalue weighted by atomic mass is 9.84. The Balaban J connectivity index is 1.71. The normalized spacial score (nSPS) is 27.6. The number of phosphoric ester groups is 1. The average Bonchev–Trinajstić information content (AvgIpc) is 0.763. The van der Waals surface area contributed by atoms with Crippen molar-refractivity contribution in [2.75, 3.05) is 26.4 Å². The molecule has 100 heavy (non-hydrogen) atoms. The summed E-state index contributed by atoms with van der Waals surface area (Å²) in [6.07, 6.45) is 13.0. The van der Waals surface area contributed by atoms with Gasteiger partial charge < -0.3 is 89.1 Å². The van der Waals surface area contributed by atoms with E-state index in [2.05, 4.69) is 27.7 Å². The minimum Gasteiger partial charge on any atom is -0.463 e. The van der Waals surface area contributed by atoms with Gasteiger partial charge in [-0.2, -0.15) is 0 Å². The van der Waals surface area contributed by atoms with E-state index in [-0.39, 0.29) is 19.3 Å². The monoisotopic (exact) mass is 1460 g/mol. The first-order valence-electron chi connectivity index (χ1n) is 39.7. The van der Waals surface area contributed by atoms with Crippen LogP contribution in [-0.4, -0.2) is 204 Å². The van der Waals surface area contributed by atoms with E-state index in [0.29, 0.717) is 25.2 Å². The Morgan fingerprint density at radius 1 is 0.380 bits per heavy atom. The maximum Gasteiger partial charge on any atom is 0.472 e. The van der Waals surface area contributed by atoms with Crippen LogP contribution < -0.4 is 0 Å². The molecular weight excluding hydrogens is 1320 g/mol. The van der Waals surface area contributed by atoms with E-state index < -0.39 is 156 Å². The number of aliphatic hydroxyl groups excluding tert-OH is 10. The van der Waals surface area contributed by atoms with E-state index >= 15 is 0 Å². The van der Waals surface area contributed by atoms with Crippen LogP contribution >= 0.6 is 7.82 Å². The van der Waals surface area contributed by atoms with Crippen molar-refractivity contribution in [3.63, 3.8) is 0 Å². The second-order valence-electron chi connectivity index (χ2n) is 29.1. The second kappa shape index (κ2) is 56.3. The molecule has 0 spiro atoms. The van der Waals surface area contributed by atoms with Gasteiger partial charge in [-0.15, -0.1) is 0 Å². The largest absolute Gasteiger partial charge is 0.472 e. The zero-order valence-corrected chi connectivity index (χ0v) is 62.8. The Morgan fingerprint density at radius 2 is 0.700 bits per heavy atom. The van der Waals surface area contributed by atoms with Gasteiger partial charge in [0.15, 0.2) is 18.7 Å². The quantitative estimate of drug-likeness (QED) is 0.0117. The summed E-state index contributed by atoms with van der Waals surface area (Å²) in [5.74, 6) is -1.28. The van der Waals surface area contributed by atoms with Crippen molar-refractivity contribution in [3.05, 3.63) is 0 Å². The van der Waals surface area contributed by atoms with Crippen molar-refractivity contribution in [1.82, 2.24) is 0 Å². The highest BCUT2D eigenvalue weighted by atomic mass is 31.2. The molecule has 11 N–H and O–H groups in total. The van der Waals surface area contributed by atoms with Crippen molar-refractivity contribution in [2.45, 2.75) is 427 Å². The summed E-state index contributed by atoms with van der Waals surface area (Å²) in [4.78, 5) is 51.1. The van der Waals surface area contributed by atoms with Crippen LogP contribution in [0.2, 0.25) is 0 Å². The molecule has 3 rings (SSSR count). The highest BCUT2D eigenvalue weighted by molar-refractivity contribution is 7.47. The van der Waals surface area contributed by atoms with Gasteiger partial charge in [0.1, 0.15) is 98.7 Å². The van der Waals surface area contributed by atoms with E-state index in [1.54, 1.807) is 0 Å². The topological polar surface area (TPSA) is 374 Å². The Kier molecular flexibility index (Phi) is 51.9. The molecule has 0 aromatic rings. The fraction of sp³-hybridized carbons (Fsp3) is 0.960.